The molecule has 1 spiro atoms. The highest BCUT2D eigenvalue weighted by Gasteiger charge is 2.43. The number of fused-ring (bicyclic) bond motifs is 1. The highest BCUT2D eigenvalue weighted by atomic mass is 32.2. The van der Waals surface area contributed by atoms with Crippen molar-refractivity contribution >= 4 is 21.7 Å². The molecule has 2 amide bonds. The molecule has 1 fully saturated rings. The molecule has 2 aromatic rings. The third kappa shape index (κ3) is 7.02. The highest BCUT2D eigenvalue weighted by molar-refractivity contribution is 7.91. The summed E-state index contributed by atoms with van der Waals surface area (Å²) in [5, 5.41) is 0. The average molecular weight is 555 g/mol. The van der Waals surface area contributed by atoms with Crippen LogP contribution in [0.4, 0.5) is 0 Å². The maximum Gasteiger partial charge on any atom is 0.228 e. The average Bonchev–Trinajstić information content (AvgIpc) is 2.93. The Morgan fingerprint density at radius 1 is 0.974 bits per heavy atom. The van der Waals surface area contributed by atoms with Crippen molar-refractivity contribution in [2.45, 2.75) is 70.1 Å². The summed E-state index contributed by atoms with van der Waals surface area (Å²) in [5.41, 5.74) is 2.30. The Hall–Kier alpha value is -2.87. The highest BCUT2D eigenvalue weighted by Crippen LogP contribution is 2.39. The molecule has 212 valence electrons. The van der Waals surface area contributed by atoms with Crippen molar-refractivity contribution in [2.75, 3.05) is 39.0 Å². The molecule has 0 aromatic heterocycles. The molecule has 0 unspecified atom stereocenters. The molecule has 39 heavy (non-hydrogen) atoms. The summed E-state index contributed by atoms with van der Waals surface area (Å²) < 4.78 is 32.0. The Bertz CT molecular complexity index is 1280. The molecule has 0 N–H and O–H groups in total. The van der Waals surface area contributed by atoms with Gasteiger partial charge in [-0.3, -0.25) is 9.59 Å². The summed E-state index contributed by atoms with van der Waals surface area (Å²) in [7, 11) is -1.71. The van der Waals surface area contributed by atoms with Gasteiger partial charge in [-0.2, -0.15) is 0 Å². The second-order valence-corrected chi connectivity index (χ2v) is 13.3. The number of hydrogen-bond acceptors (Lipinski definition) is 5. The number of hydrogen-bond donors (Lipinski definition) is 0. The van der Waals surface area contributed by atoms with E-state index in [9.17, 15) is 18.0 Å². The SMILES string of the molecule is Cc1ccc(C)c(S(=O)(=O)CCC(=O)N2CCC3(CCCCCc4ccccc4OCCN(C)C3=O)CC2)c1. The first-order chi connectivity index (χ1) is 18.6. The van der Waals surface area contributed by atoms with Crippen LogP contribution >= 0.6 is 0 Å². The number of ether oxygens (including phenoxy) is 1. The van der Waals surface area contributed by atoms with Gasteiger partial charge in [0, 0.05) is 26.6 Å². The Labute approximate surface area is 233 Å². The molecular formula is C31H42N2O5S. The van der Waals surface area contributed by atoms with Crippen LogP contribution < -0.4 is 4.74 Å². The third-order valence-corrected chi connectivity index (χ3v) is 10.2. The number of nitrogens with zero attached hydrogens (tertiary/aromatic N) is 2. The summed E-state index contributed by atoms with van der Waals surface area (Å²) in [5.74, 6) is 0.666. The van der Waals surface area contributed by atoms with Gasteiger partial charge in [-0.05, 0) is 74.8 Å². The molecule has 2 aliphatic rings. The summed E-state index contributed by atoms with van der Waals surface area (Å²) in [6.07, 6.45) is 5.96. The number of piperidine rings is 1. The molecule has 7 nitrogen and oxygen atoms in total. The van der Waals surface area contributed by atoms with Crippen molar-refractivity contribution < 1.29 is 22.7 Å². The van der Waals surface area contributed by atoms with Gasteiger partial charge in [0.2, 0.25) is 11.8 Å². The summed E-state index contributed by atoms with van der Waals surface area (Å²) in [6.45, 7) is 5.54. The van der Waals surface area contributed by atoms with E-state index in [2.05, 4.69) is 6.07 Å². The van der Waals surface area contributed by atoms with Gasteiger partial charge in [-0.25, -0.2) is 8.42 Å². The van der Waals surface area contributed by atoms with Crippen molar-refractivity contribution in [2.24, 2.45) is 5.41 Å². The Balaban J connectivity index is 1.37. The lowest BCUT2D eigenvalue weighted by Gasteiger charge is -2.42. The smallest absolute Gasteiger partial charge is 0.228 e. The van der Waals surface area contributed by atoms with Crippen molar-refractivity contribution in [3.63, 3.8) is 0 Å². The van der Waals surface area contributed by atoms with Gasteiger partial charge in [-0.1, -0.05) is 43.2 Å². The van der Waals surface area contributed by atoms with Crippen LogP contribution in [0.2, 0.25) is 0 Å². The maximum atomic E-state index is 13.7. The summed E-state index contributed by atoms with van der Waals surface area (Å²) in [6, 6.07) is 13.5. The van der Waals surface area contributed by atoms with E-state index in [4.69, 9.17) is 4.74 Å². The zero-order valence-electron chi connectivity index (χ0n) is 23.6. The fourth-order valence-corrected chi connectivity index (χ4v) is 7.48. The quantitative estimate of drug-likeness (QED) is 0.546. The third-order valence-electron chi connectivity index (χ3n) is 8.40. The summed E-state index contributed by atoms with van der Waals surface area (Å²) in [4.78, 5) is 30.6. The lowest BCUT2D eigenvalue weighted by atomic mass is 9.73. The zero-order chi connectivity index (χ0) is 28.0. The minimum atomic E-state index is -3.56. The number of likely N-dealkylation sites (tertiary alicyclic amines) is 1. The van der Waals surface area contributed by atoms with E-state index in [1.165, 1.54) is 5.56 Å². The first-order valence-electron chi connectivity index (χ1n) is 14.2. The molecule has 4 rings (SSSR count). The van der Waals surface area contributed by atoms with Crippen molar-refractivity contribution in [1.82, 2.24) is 9.80 Å². The number of likely N-dealkylation sites (N-methyl/N-ethyl adjacent to an activating group) is 1. The zero-order valence-corrected chi connectivity index (χ0v) is 24.4. The van der Waals surface area contributed by atoms with Crippen molar-refractivity contribution in [3.8, 4) is 5.75 Å². The lowest BCUT2D eigenvalue weighted by molar-refractivity contribution is -0.148. The van der Waals surface area contributed by atoms with E-state index in [0.29, 0.717) is 49.5 Å². The van der Waals surface area contributed by atoms with E-state index < -0.39 is 15.3 Å². The number of aryl methyl sites for hydroxylation is 3. The molecular weight excluding hydrogens is 512 g/mol. The standard InChI is InChI=1S/C31H42N2O5S/c1-24-12-13-25(2)28(23-24)39(36,37)22-14-29(34)33-18-16-31(17-19-33)15-8-4-5-9-26-10-6-7-11-27(26)38-21-20-32(3)30(31)35/h6-7,10-13,23H,4-5,8-9,14-22H2,1-3H3. The molecule has 2 aromatic carbocycles. The van der Waals surface area contributed by atoms with Gasteiger partial charge < -0.3 is 14.5 Å². The monoisotopic (exact) mass is 554 g/mol. The van der Waals surface area contributed by atoms with Crippen LogP contribution in [0.15, 0.2) is 47.4 Å². The normalized spacial score (nSPS) is 18.9. The van der Waals surface area contributed by atoms with Crippen LogP contribution in [0.3, 0.4) is 0 Å². The van der Waals surface area contributed by atoms with E-state index >= 15 is 0 Å². The van der Waals surface area contributed by atoms with Crippen LogP contribution in [0.25, 0.3) is 0 Å². The predicted molar refractivity (Wildman–Crippen MR) is 153 cm³/mol. The van der Waals surface area contributed by atoms with Crippen molar-refractivity contribution in [1.29, 1.82) is 0 Å². The van der Waals surface area contributed by atoms with E-state index in [1.54, 1.807) is 28.9 Å². The van der Waals surface area contributed by atoms with E-state index in [1.807, 2.05) is 38.2 Å². The Morgan fingerprint density at radius 3 is 2.49 bits per heavy atom. The maximum absolute atomic E-state index is 13.7. The second kappa shape index (κ2) is 12.5. The molecule has 0 saturated carbocycles. The lowest BCUT2D eigenvalue weighted by Crippen LogP contribution is -2.51. The van der Waals surface area contributed by atoms with Gasteiger partial charge >= 0.3 is 0 Å². The van der Waals surface area contributed by atoms with Crippen LogP contribution in [0, 0.1) is 19.3 Å². The molecule has 0 atom stereocenters. The van der Waals surface area contributed by atoms with Crippen LogP contribution in [0.1, 0.15) is 61.6 Å². The molecule has 0 radical (unpaired) electrons. The second-order valence-electron chi connectivity index (χ2n) is 11.2. The van der Waals surface area contributed by atoms with Gasteiger partial charge in [0.25, 0.3) is 0 Å². The minimum Gasteiger partial charge on any atom is -0.491 e. The molecule has 2 aliphatic heterocycles. The first-order valence-corrected chi connectivity index (χ1v) is 15.8. The van der Waals surface area contributed by atoms with Crippen LogP contribution in [-0.4, -0.2) is 69.1 Å². The number of para-hydroxylation sites is 1. The summed E-state index contributed by atoms with van der Waals surface area (Å²) >= 11 is 0. The Morgan fingerprint density at radius 2 is 1.72 bits per heavy atom. The fourth-order valence-electron chi connectivity index (χ4n) is 5.89. The Kier molecular flexibility index (Phi) is 9.36. The van der Waals surface area contributed by atoms with Crippen molar-refractivity contribution in [3.05, 3.63) is 59.2 Å². The minimum absolute atomic E-state index is 0.0472. The topological polar surface area (TPSA) is 84.0 Å². The molecule has 2 heterocycles. The number of amides is 2. The molecule has 8 heteroatoms. The first kappa shape index (κ1) is 29.1. The number of carbonyl (C=O) groups excluding carboxylic acids is 2. The molecule has 0 aliphatic carbocycles. The van der Waals surface area contributed by atoms with Gasteiger partial charge in [0.05, 0.1) is 22.6 Å². The van der Waals surface area contributed by atoms with E-state index in [-0.39, 0.29) is 24.0 Å². The number of carbonyl (C=O) groups is 2. The number of benzene rings is 2. The van der Waals surface area contributed by atoms with Gasteiger partial charge in [-0.15, -0.1) is 0 Å². The number of sulfone groups is 1. The van der Waals surface area contributed by atoms with Gasteiger partial charge in [0.1, 0.15) is 12.4 Å². The fraction of sp³-hybridized carbons (Fsp3) is 0.548. The van der Waals surface area contributed by atoms with E-state index in [0.717, 1.165) is 43.4 Å². The van der Waals surface area contributed by atoms with Gasteiger partial charge in [0.15, 0.2) is 9.84 Å². The molecule has 1 saturated heterocycles. The number of rotatable bonds is 4. The van der Waals surface area contributed by atoms with Crippen LogP contribution in [0.5, 0.6) is 5.75 Å². The van der Waals surface area contributed by atoms with Crippen LogP contribution in [-0.2, 0) is 25.8 Å². The predicted octanol–water partition coefficient (Wildman–Crippen LogP) is 4.73. The largest absolute Gasteiger partial charge is 0.491 e. The molecule has 0 bridgehead atoms.